The number of hydrogen-bond donors (Lipinski definition) is 0. The van der Waals surface area contributed by atoms with E-state index in [0.717, 1.165) is 3.57 Å². The lowest BCUT2D eigenvalue weighted by molar-refractivity contribution is -0.402. The van der Waals surface area contributed by atoms with Gasteiger partial charge in [0.1, 0.15) is 16.5 Å². The molecular formula is C20H10Cl2IN3O4. The molecule has 150 valence electrons. The average Bonchev–Trinajstić information content (AvgIpc) is 3.17. The number of benzene rings is 2. The summed E-state index contributed by atoms with van der Waals surface area (Å²) >= 11 is 14.5. The van der Waals surface area contributed by atoms with Crippen LogP contribution in [0.25, 0.3) is 28.7 Å². The summed E-state index contributed by atoms with van der Waals surface area (Å²) in [6, 6.07) is 12.8. The van der Waals surface area contributed by atoms with E-state index in [4.69, 9.17) is 27.6 Å². The molecule has 0 atom stereocenters. The first-order valence-electron chi connectivity index (χ1n) is 8.43. The highest BCUT2D eigenvalue weighted by Crippen LogP contribution is 2.26. The first-order valence-corrected chi connectivity index (χ1v) is 10.3. The van der Waals surface area contributed by atoms with Crippen molar-refractivity contribution in [2.75, 3.05) is 0 Å². The largest absolute Gasteiger partial charge is 0.433 e. The second-order valence-electron chi connectivity index (χ2n) is 6.13. The zero-order chi connectivity index (χ0) is 21.4. The minimum atomic E-state index is -0.628. The van der Waals surface area contributed by atoms with Gasteiger partial charge in [-0.15, -0.1) is 0 Å². The van der Waals surface area contributed by atoms with Crippen LogP contribution in [0.4, 0.5) is 5.88 Å². The molecular weight excluding hydrogens is 544 g/mol. The third kappa shape index (κ3) is 3.98. The Morgan fingerprint density at radius 2 is 1.90 bits per heavy atom. The third-order valence-corrected chi connectivity index (χ3v) is 5.40. The SMILES string of the molecule is O=c1c2cc(I)ccc2nc(C=Cc2ccc([N+](=O)[O-])o2)n1-c1ccc(Cl)cc1Cl. The van der Waals surface area contributed by atoms with E-state index in [9.17, 15) is 14.9 Å². The van der Waals surface area contributed by atoms with E-state index < -0.39 is 4.92 Å². The number of furan rings is 1. The van der Waals surface area contributed by atoms with Gasteiger partial charge in [0.2, 0.25) is 0 Å². The molecule has 2 heterocycles. The maximum atomic E-state index is 13.3. The van der Waals surface area contributed by atoms with E-state index in [1.54, 1.807) is 24.3 Å². The van der Waals surface area contributed by atoms with E-state index in [1.807, 2.05) is 6.07 Å². The Labute approximate surface area is 192 Å². The molecule has 30 heavy (non-hydrogen) atoms. The van der Waals surface area contributed by atoms with E-state index in [0.29, 0.717) is 21.6 Å². The molecule has 0 saturated heterocycles. The van der Waals surface area contributed by atoms with Crippen molar-refractivity contribution in [3.63, 3.8) is 0 Å². The molecule has 0 N–H and O–H groups in total. The summed E-state index contributed by atoms with van der Waals surface area (Å²) in [5, 5.41) is 12.0. The first kappa shape index (κ1) is 20.6. The number of fused-ring (bicyclic) bond motifs is 1. The number of nitrogens with zero attached hydrogens (tertiary/aromatic N) is 3. The van der Waals surface area contributed by atoms with Gasteiger partial charge in [-0.2, -0.15) is 0 Å². The molecule has 10 heteroatoms. The lowest BCUT2D eigenvalue weighted by Gasteiger charge is -2.13. The van der Waals surface area contributed by atoms with Crippen LogP contribution in [0.1, 0.15) is 11.6 Å². The van der Waals surface area contributed by atoms with Crippen LogP contribution in [0.2, 0.25) is 10.0 Å². The Morgan fingerprint density at radius 3 is 2.60 bits per heavy atom. The van der Waals surface area contributed by atoms with Crippen molar-refractivity contribution < 1.29 is 9.34 Å². The second kappa shape index (κ2) is 8.21. The van der Waals surface area contributed by atoms with Gasteiger partial charge in [0.25, 0.3) is 5.56 Å². The zero-order valence-corrected chi connectivity index (χ0v) is 18.6. The Hall–Kier alpha value is -2.69. The summed E-state index contributed by atoms with van der Waals surface area (Å²) in [6.07, 6.45) is 3.03. The summed E-state index contributed by atoms with van der Waals surface area (Å²) in [4.78, 5) is 28.1. The van der Waals surface area contributed by atoms with Gasteiger partial charge in [0.15, 0.2) is 0 Å². The molecule has 0 saturated carbocycles. The van der Waals surface area contributed by atoms with Gasteiger partial charge in [-0.25, -0.2) is 4.98 Å². The summed E-state index contributed by atoms with van der Waals surface area (Å²) in [5.41, 5.74) is 0.601. The fraction of sp³-hybridized carbons (Fsp3) is 0. The number of rotatable bonds is 4. The minimum absolute atomic E-state index is 0.243. The van der Waals surface area contributed by atoms with Crippen LogP contribution in [-0.2, 0) is 0 Å². The third-order valence-electron chi connectivity index (χ3n) is 4.20. The van der Waals surface area contributed by atoms with Gasteiger partial charge in [0, 0.05) is 8.59 Å². The zero-order valence-electron chi connectivity index (χ0n) is 14.9. The Bertz CT molecular complexity index is 1390. The van der Waals surface area contributed by atoms with Crippen LogP contribution in [0, 0.1) is 13.7 Å². The molecule has 4 rings (SSSR count). The van der Waals surface area contributed by atoms with Crippen LogP contribution in [0.3, 0.4) is 0 Å². The fourth-order valence-electron chi connectivity index (χ4n) is 2.87. The van der Waals surface area contributed by atoms with Gasteiger partial charge in [-0.3, -0.25) is 19.5 Å². The van der Waals surface area contributed by atoms with Crippen molar-refractivity contribution in [2.24, 2.45) is 0 Å². The maximum absolute atomic E-state index is 13.3. The lowest BCUT2D eigenvalue weighted by Crippen LogP contribution is -2.22. The Balaban J connectivity index is 1.94. The highest BCUT2D eigenvalue weighted by molar-refractivity contribution is 14.1. The van der Waals surface area contributed by atoms with Crippen molar-refractivity contribution in [3.8, 4) is 5.69 Å². The predicted molar refractivity (Wildman–Crippen MR) is 124 cm³/mol. The Morgan fingerprint density at radius 1 is 1.10 bits per heavy atom. The van der Waals surface area contributed by atoms with Crippen molar-refractivity contribution >= 4 is 74.7 Å². The summed E-state index contributed by atoms with van der Waals surface area (Å²) in [5.74, 6) is 0.137. The second-order valence-corrected chi connectivity index (χ2v) is 8.22. The van der Waals surface area contributed by atoms with Crippen LogP contribution < -0.4 is 5.56 Å². The molecule has 4 aromatic rings. The first-order chi connectivity index (χ1) is 14.3. The average molecular weight is 554 g/mol. The topological polar surface area (TPSA) is 91.2 Å². The molecule has 0 aliphatic rings. The molecule has 0 radical (unpaired) electrons. The number of halogens is 3. The molecule has 2 aromatic heterocycles. The predicted octanol–water partition coefficient (Wildman–Crippen LogP) is 5.97. The maximum Gasteiger partial charge on any atom is 0.433 e. The van der Waals surface area contributed by atoms with E-state index in [-0.39, 0.29) is 28.1 Å². The van der Waals surface area contributed by atoms with Crippen LogP contribution >= 0.6 is 45.8 Å². The lowest BCUT2D eigenvalue weighted by atomic mass is 10.2. The molecule has 0 bridgehead atoms. The molecule has 0 unspecified atom stereocenters. The van der Waals surface area contributed by atoms with Gasteiger partial charge in [0.05, 0.1) is 27.7 Å². The molecule has 2 aromatic carbocycles. The van der Waals surface area contributed by atoms with E-state index in [1.165, 1.54) is 34.9 Å². The number of hydrogen-bond acceptors (Lipinski definition) is 5. The minimum Gasteiger partial charge on any atom is -0.401 e. The summed E-state index contributed by atoms with van der Waals surface area (Å²) < 4.78 is 7.39. The number of aromatic nitrogens is 2. The summed E-state index contributed by atoms with van der Waals surface area (Å²) in [7, 11) is 0. The van der Waals surface area contributed by atoms with Crippen LogP contribution in [-0.4, -0.2) is 14.5 Å². The van der Waals surface area contributed by atoms with Crippen LogP contribution in [0.5, 0.6) is 0 Å². The van der Waals surface area contributed by atoms with Crippen LogP contribution in [0.15, 0.2) is 57.7 Å². The van der Waals surface area contributed by atoms with Gasteiger partial charge >= 0.3 is 5.88 Å². The molecule has 0 amide bonds. The van der Waals surface area contributed by atoms with Gasteiger partial charge in [-0.1, -0.05) is 23.2 Å². The fourth-order valence-corrected chi connectivity index (χ4v) is 3.85. The highest BCUT2D eigenvalue weighted by atomic mass is 127. The number of nitro groups is 1. The van der Waals surface area contributed by atoms with Crippen molar-refractivity contribution in [3.05, 3.63) is 94.2 Å². The van der Waals surface area contributed by atoms with E-state index in [2.05, 4.69) is 27.6 Å². The van der Waals surface area contributed by atoms with Crippen molar-refractivity contribution in [1.29, 1.82) is 0 Å². The standard InChI is InChI=1S/C20H10Cl2IN3O4/c21-11-1-6-17(15(22)9-11)25-18(7-3-13-4-8-19(30-13)26(28)29)24-16-5-2-12(23)10-14(16)20(25)27/h1-10H. The molecule has 0 spiro atoms. The quantitative estimate of drug-likeness (QED) is 0.176. The molecule has 0 fully saturated rings. The van der Waals surface area contributed by atoms with Crippen molar-refractivity contribution in [1.82, 2.24) is 9.55 Å². The monoisotopic (exact) mass is 553 g/mol. The van der Waals surface area contributed by atoms with Crippen molar-refractivity contribution in [2.45, 2.75) is 0 Å². The normalized spacial score (nSPS) is 11.4. The highest BCUT2D eigenvalue weighted by Gasteiger charge is 2.15. The van der Waals surface area contributed by atoms with Gasteiger partial charge in [-0.05, 0) is 77.2 Å². The Kier molecular flexibility index (Phi) is 5.63. The molecule has 0 aliphatic carbocycles. The summed E-state index contributed by atoms with van der Waals surface area (Å²) in [6.45, 7) is 0. The smallest absolute Gasteiger partial charge is 0.401 e. The molecule has 7 nitrogen and oxygen atoms in total. The molecule has 0 aliphatic heterocycles. The van der Waals surface area contributed by atoms with Gasteiger partial charge < -0.3 is 4.42 Å². The van der Waals surface area contributed by atoms with E-state index >= 15 is 0 Å².